The van der Waals surface area contributed by atoms with Crippen LogP contribution in [0.5, 0.6) is 0 Å². The molecule has 0 amide bonds. The summed E-state index contributed by atoms with van der Waals surface area (Å²) < 4.78 is 0. The van der Waals surface area contributed by atoms with Crippen molar-refractivity contribution in [3.63, 3.8) is 0 Å². The molecule has 0 radical (unpaired) electrons. The summed E-state index contributed by atoms with van der Waals surface area (Å²) in [5.74, 6) is 0. The van der Waals surface area contributed by atoms with Gasteiger partial charge in [0.1, 0.15) is 6.33 Å². The lowest BCUT2D eigenvalue weighted by atomic mass is 10.1. The summed E-state index contributed by atoms with van der Waals surface area (Å²) >= 11 is 5.80. The molecule has 1 aromatic heterocycles. The van der Waals surface area contributed by atoms with Gasteiger partial charge in [0.05, 0.1) is 5.69 Å². The van der Waals surface area contributed by atoms with Crippen LogP contribution in [-0.2, 0) is 0 Å². The number of hydrogen-bond donors (Lipinski definition) is 0. The lowest BCUT2D eigenvalue weighted by Gasteiger charge is -2.00. The summed E-state index contributed by atoms with van der Waals surface area (Å²) in [6.07, 6.45) is 1.57. The van der Waals surface area contributed by atoms with Crippen molar-refractivity contribution in [1.82, 2.24) is 9.97 Å². The zero-order chi connectivity index (χ0) is 9.97. The van der Waals surface area contributed by atoms with Crippen molar-refractivity contribution in [2.45, 2.75) is 6.92 Å². The predicted octanol–water partition coefficient (Wildman–Crippen LogP) is 3.11. The Balaban J connectivity index is 2.44. The number of nitrogens with zero attached hydrogens (tertiary/aromatic N) is 2. The third kappa shape index (κ3) is 1.91. The van der Waals surface area contributed by atoms with Gasteiger partial charge in [0.25, 0.3) is 0 Å². The van der Waals surface area contributed by atoms with E-state index in [-0.39, 0.29) is 0 Å². The van der Waals surface area contributed by atoms with Gasteiger partial charge in [0.15, 0.2) is 0 Å². The summed E-state index contributed by atoms with van der Waals surface area (Å²) in [5, 5.41) is 0.736. The highest BCUT2D eigenvalue weighted by Crippen LogP contribution is 2.19. The van der Waals surface area contributed by atoms with Crippen molar-refractivity contribution in [2.75, 3.05) is 0 Å². The van der Waals surface area contributed by atoms with Gasteiger partial charge in [0.2, 0.25) is 0 Å². The van der Waals surface area contributed by atoms with Gasteiger partial charge < -0.3 is 0 Å². The number of aromatic nitrogens is 2. The monoisotopic (exact) mass is 204 g/mol. The van der Waals surface area contributed by atoms with Crippen LogP contribution in [0.2, 0.25) is 5.02 Å². The van der Waals surface area contributed by atoms with Crippen molar-refractivity contribution in [3.05, 3.63) is 47.4 Å². The zero-order valence-electron chi connectivity index (χ0n) is 7.74. The first-order valence-electron chi connectivity index (χ1n) is 4.30. The van der Waals surface area contributed by atoms with Crippen molar-refractivity contribution in [1.29, 1.82) is 0 Å². The van der Waals surface area contributed by atoms with Gasteiger partial charge in [-0.3, -0.25) is 0 Å². The van der Waals surface area contributed by atoms with Gasteiger partial charge in [-0.25, -0.2) is 9.97 Å². The number of halogens is 1. The molecule has 2 nitrogen and oxygen atoms in total. The van der Waals surface area contributed by atoms with Crippen LogP contribution >= 0.6 is 11.6 Å². The normalized spacial score (nSPS) is 10.1. The Morgan fingerprint density at radius 3 is 2.43 bits per heavy atom. The van der Waals surface area contributed by atoms with Crippen molar-refractivity contribution < 1.29 is 0 Å². The molecular formula is C11H9ClN2. The largest absolute Gasteiger partial charge is 0.242 e. The molecule has 0 N–H and O–H groups in total. The summed E-state index contributed by atoms with van der Waals surface area (Å²) in [6, 6.07) is 9.56. The average molecular weight is 205 g/mol. The predicted molar refractivity (Wildman–Crippen MR) is 57.2 cm³/mol. The lowest BCUT2D eigenvalue weighted by molar-refractivity contribution is 1.11. The van der Waals surface area contributed by atoms with E-state index in [1.165, 1.54) is 0 Å². The number of hydrogen-bond acceptors (Lipinski definition) is 2. The second kappa shape index (κ2) is 3.76. The molecule has 70 valence electrons. The van der Waals surface area contributed by atoms with Crippen molar-refractivity contribution >= 4 is 11.6 Å². The van der Waals surface area contributed by atoms with E-state index in [0.717, 1.165) is 22.0 Å². The first kappa shape index (κ1) is 9.16. The van der Waals surface area contributed by atoms with Crippen LogP contribution in [0.15, 0.2) is 36.7 Å². The lowest BCUT2D eigenvalue weighted by Crippen LogP contribution is -1.87. The van der Waals surface area contributed by atoms with Crippen LogP contribution < -0.4 is 0 Å². The zero-order valence-corrected chi connectivity index (χ0v) is 8.49. The molecule has 0 atom stereocenters. The Morgan fingerprint density at radius 1 is 1.07 bits per heavy atom. The summed E-state index contributed by atoms with van der Waals surface area (Å²) in [4.78, 5) is 8.23. The molecule has 0 fully saturated rings. The number of aryl methyl sites for hydroxylation is 1. The minimum Gasteiger partial charge on any atom is -0.242 e. The molecule has 1 aromatic carbocycles. The van der Waals surface area contributed by atoms with E-state index in [9.17, 15) is 0 Å². The molecule has 0 saturated carbocycles. The SMILES string of the molecule is Cc1cc(-c2ccc(Cl)cc2)ncn1. The van der Waals surface area contributed by atoms with Gasteiger partial charge in [0, 0.05) is 16.3 Å². The van der Waals surface area contributed by atoms with E-state index < -0.39 is 0 Å². The topological polar surface area (TPSA) is 25.8 Å². The second-order valence-corrected chi connectivity index (χ2v) is 3.49. The standard InChI is InChI=1S/C11H9ClN2/c1-8-6-11(14-7-13-8)9-2-4-10(12)5-3-9/h2-7H,1H3. The maximum Gasteiger partial charge on any atom is 0.116 e. The van der Waals surface area contributed by atoms with Crippen molar-refractivity contribution in [3.8, 4) is 11.3 Å². The Kier molecular flexibility index (Phi) is 2.46. The molecule has 2 aromatic rings. The third-order valence-corrected chi connectivity index (χ3v) is 2.20. The van der Waals surface area contributed by atoms with E-state index in [1.54, 1.807) is 6.33 Å². The van der Waals surface area contributed by atoms with Crippen LogP contribution in [0.1, 0.15) is 5.69 Å². The van der Waals surface area contributed by atoms with E-state index in [2.05, 4.69) is 9.97 Å². The number of rotatable bonds is 1. The number of benzene rings is 1. The third-order valence-electron chi connectivity index (χ3n) is 1.94. The fraction of sp³-hybridized carbons (Fsp3) is 0.0909. The average Bonchev–Trinajstić information content (AvgIpc) is 2.19. The van der Waals surface area contributed by atoms with Gasteiger partial charge in [-0.2, -0.15) is 0 Å². The molecule has 1 heterocycles. The van der Waals surface area contributed by atoms with Crippen LogP contribution in [0.3, 0.4) is 0 Å². The first-order valence-corrected chi connectivity index (χ1v) is 4.68. The van der Waals surface area contributed by atoms with Crippen LogP contribution in [0, 0.1) is 6.92 Å². The van der Waals surface area contributed by atoms with Gasteiger partial charge in [-0.15, -0.1) is 0 Å². The summed E-state index contributed by atoms with van der Waals surface area (Å²) in [6.45, 7) is 1.95. The molecule has 0 aliphatic rings. The first-order chi connectivity index (χ1) is 6.75. The Bertz CT molecular complexity index is 437. The molecule has 14 heavy (non-hydrogen) atoms. The summed E-state index contributed by atoms with van der Waals surface area (Å²) in [5.41, 5.74) is 2.94. The molecule has 0 unspecified atom stereocenters. The molecule has 0 bridgehead atoms. The highest BCUT2D eigenvalue weighted by atomic mass is 35.5. The van der Waals surface area contributed by atoms with Crippen LogP contribution in [-0.4, -0.2) is 9.97 Å². The fourth-order valence-electron chi connectivity index (χ4n) is 1.23. The minimum absolute atomic E-state index is 0.736. The van der Waals surface area contributed by atoms with Crippen LogP contribution in [0.4, 0.5) is 0 Å². The smallest absolute Gasteiger partial charge is 0.116 e. The maximum absolute atomic E-state index is 5.80. The fourth-order valence-corrected chi connectivity index (χ4v) is 1.36. The van der Waals surface area contributed by atoms with E-state index in [1.807, 2.05) is 37.3 Å². The Morgan fingerprint density at radius 2 is 1.79 bits per heavy atom. The molecule has 0 saturated heterocycles. The van der Waals surface area contributed by atoms with Crippen LogP contribution in [0.25, 0.3) is 11.3 Å². The van der Waals surface area contributed by atoms with Gasteiger partial charge >= 0.3 is 0 Å². The van der Waals surface area contributed by atoms with Gasteiger partial charge in [-0.1, -0.05) is 23.7 Å². The Hall–Kier alpha value is -1.41. The van der Waals surface area contributed by atoms with Crippen molar-refractivity contribution in [2.24, 2.45) is 0 Å². The molecule has 0 aliphatic carbocycles. The maximum atomic E-state index is 5.80. The molecule has 0 spiro atoms. The Labute approximate surface area is 87.6 Å². The highest BCUT2D eigenvalue weighted by Gasteiger charge is 1.98. The van der Waals surface area contributed by atoms with E-state index in [0.29, 0.717) is 0 Å². The van der Waals surface area contributed by atoms with E-state index in [4.69, 9.17) is 11.6 Å². The molecular weight excluding hydrogens is 196 g/mol. The quantitative estimate of drug-likeness (QED) is 0.714. The van der Waals surface area contributed by atoms with E-state index >= 15 is 0 Å². The van der Waals surface area contributed by atoms with Gasteiger partial charge in [-0.05, 0) is 25.1 Å². The molecule has 3 heteroatoms. The highest BCUT2D eigenvalue weighted by molar-refractivity contribution is 6.30. The summed E-state index contributed by atoms with van der Waals surface area (Å²) in [7, 11) is 0. The minimum atomic E-state index is 0.736. The second-order valence-electron chi connectivity index (χ2n) is 3.05. The molecule has 0 aliphatic heterocycles. The molecule has 2 rings (SSSR count).